The zero-order valence-corrected chi connectivity index (χ0v) is 19.0. The first-order valence-corrected chi connectivity index (χ1v) is 11.4. The minimum absolute atomic E-state index is 0.0818. The van der Waals surface area contributed by atoms with E-state index in [0.29, 0.717) is 61.3 Å². The fourth-order valence-corrected chi connectivity index (χ4v) is 4.12. The first-order chi connectivity index (χ1) is 16.7. The first-order valence-electron chi connectivity index (χ1n) is 11.4. The van der Waals surface area contributed by atoms with Gasteiger partial charge in [-0.3, -0.25) is 4.79 Å². The molecule has 35 heavy (non-hydrogen) atoms. The number of benzene rings is 2. The minimum atomic E-state index is -4.48. The Balaban J connectivity index is 1.48. The average molecular weight is 489 g/mol. The number of urea groups is 1. The SMILES string of the molecule is O=C(C=C1CCCOc2cc(C(F)(F)F)ccc21)Nc1ccc2c(c1)NC(=O)N(CCCCO)C2. The van der Waals surface area contributed by atoms with Gasteiger partial charge in [0, 0.05) is 42.7 Å². The highest BCUT2D eigenvalue weighted by atomic mass is 19.4. The van der Waals surface area contributed by atoms with Gasteiger partial charge in [0.1, 0.15) is 5.75 Å². The van der Waals surface area contributed by atoms with E-state index in [1.54, 1.807) is 17.0 Å². The van der Waals surface area contributed by atoms with Crippen LogP contribution in [-0.4, -0.2) is 41.7 Å². The molecule has 10 heteroatoms. The van der Waals surface area contributed by atoms with Crippen molar-refractivity contribution in [3.63, 3.8) is 0 Å². The summed E-state index contributed by atoms with van der Waals surface area (Å²) < 4.78 is 44.7. The quantitative estimate of drug-likeness (QED) is 0.393. The molecular weight excluding hydrogens is 463 g/mol. The third-order valence-corrected chi connectivity index (χ3v) is 5.91. The number of hydrogen-bond acceptors (Lipinski definition) is 4. The van der Waals surface area contributed by atoms with Gasteiger partial charge in [0.15, 0.2) is 0 Å². The van der Waals surface area contributed by atoms with Crippen LogP contribution in [0.2, 0.25) is 0 Å². The van der Waals surface area contributed by atoms with Gasteiger partial charge in [-0.15, -0.1) is 0 Å². The number of amides is 3. The molecule has 3 N–H and O–H groups in total. The second-order valence-corrected chi connectivity index (χ2v) is 8.47. The number of rotatable bonds is 6. The lowest BCUT2D eigenvalue weighted by atomic mass is 9.99. The molecule has 0 aromatic heterocycles. The van der Waals surface area contributed by atoms with Gasteiger partial charge in [0.05, 0.1) is 12.2 Å². The van der Waals surface area contributed by atoms with Gasteiger partial charge < -0.3 is 25.4 Å². The summed E-state index contributed by atoms with van der Waals surface area (Å²) in [6, 6.07) is 8.28. The number of ether oxygens (including phenoxy) is 1. The second kappa shape index (κ2) is 10.4. The zero-order valence-electron chi connectivity index (χ0n) is 19.0. The Hall–Kier alpha value is -3.53. The summed E-state index contributed by atoms with van der Waals surface area (Å²) in [5.41, 5.74) is 2.24. The van der Waals surface area contributed by atoms with Crippen LogP contribution in [0.5, 0.6) is 5.75 Å². The summed E-state index contributed by atoms with van der Waals surface area (Å²) in [5.74, 6) is -0.322. The maximum atomic E-state index is 13.1. The van der Waals surface area contributed by atoms with Gasteiger partial charge in [-0.05, 0) is 61.1 Å². The van der Waals surface area contributed by atoms with Crippen molar-refractivity contribution in [2.24, 2.45) is 0 Å². The molecule has 0 bridgehead atoms. The number of carbonyl (C=O) groups excluding carboxylic acids is 2. The molecule has 0 saturated carbocycles. The van der Waals surface area contributed by atoms with Crippen LogP contribution in [0.4, 0.5) is 29.3 Å². The van der Waals surface area contributed by atoms with E-state index in [2.05, 4.69) is 10.6 Å². The highest BCUT2D eigenvalue weighted by Crippen LogP contribution is 2.38. The summed E-state index contributed by atoms with van der Waals surface area (Å²) >= 11 is 0. The van der Waals surface area contributed by atoms with Crippen LogP contribution in [0.1, 0.15) is 42.4 Å². The minimum Gasteiger partial charge on any atom is -0.493 e. The second-order valence-electron chi connectivity index (χ2n) is 8.47. The number of allylic oxidation sites excluding steroid dienone is 1. The Morgan fingerprint density at radius 2 is 2.03 bits per heavy atom. The molecule has 0 aliphatic carbocycles. The molecule has 0 radical (unpaired) electrons. The van der Waals surface area contributed by atoms with E-state index in [1.165, 1.54) is 12.1 Å². The summed E-state index contributed by atoms with van der Waals surface area (Å²) in [6.07, 6.45) is -0.732. The highest BCUT2D eigenvalue weighted by molar-refractivity contribution is 6.05. The molecule has 2 aliphatic heterocycles. The summed E-state index contributed by atoms with van der Waals surface area (Å²) in [6.45, 7) is 1.31. The zero-order chi connectivity index (χ0) is 25.0. The fraction of sp³-hybridized carbons (Fsp3) is 0.360. The standard InChI is InChI=1S/C25H26F3N3O4/c26-25(27,28)18-6-8-20-16(4-3-11-35-22(20)13-18)12-23(33)29-19-7-5-17-15-31(9-1-2-10-32)24(34)30-21(17)14-19/h5-8,12-14,32H,1-4,9-11,15H2,(H,29,33)(H,30,34). The van der Waals surface area contributed by atoms with Gasteiger partial charge in [0.2, 0.25) is 5.91 Å². The molecule has 2 heterocycles. The molecule has 2 aromatic rings. The largest absolute Gasteiger partial charge is 0.493 e. The lowest BCUT2D eigenvalue weighted by molar-refractivity contribution is -0.137. The third kappa shape index (κ3) is 5.94. The van der Waals surface area contributed by atoms with Crippen LogP contribution in [0.25, 0.3) is 5.57 Å². The van der Waals surface area contributed by atoms with Crippen molar-refractivity contribution in [2.45, 2.75) is 38.4 Å². The number of halogens is 3. The van der Waals surface area contributed by atoms with Crippen LogP contribution >= 0.6 is 0 Å². The van der Waals surface area contributed by atoms with Crippen molar-refractivity contribution in [3.05, 3.63) is 59.2 Å². The fourth-order valence-electron chi connectivity index (χ4n) is 4.12. The Labute approximate surface area is 200 Å². The molecule has 0 unspecified atom stereocenters. The van der Waals surface area contributed by atoms with Crippen LogP contribution in [-0.2, 0) is 17.5 Å². The molecule has 4 rings (SSSR count). The number of anilines is 2. The van der Waals surface area contributed by atoms with Crippen molar-refractivity contribution in [1.29, 1.82) is 0 Å². The number of alkyl halides is 3. The Morgan fingerprint density at radius 1 is 1.20 bits per heavy atom. The molecular formula is C25H26F3N3O4. The van der Waals surface area contributed by atoms with Crippen LogP contribution in [0.3, 0.4) is 0 Å². The molecule has 0 spiro atoms. The van der Waals surface area contributed by atoms with Crippen molar-refractivity contribution in [3.8, 4) is 5.75 Å². The van der Waals surface area contributed by atoms with E-state index in [1.807, 2.05) is 6.07 Å². The van der Waals surface area contributed by atoms with Crippen molar-refractivity contribution < 1.29 is 32.6 Å². The summed E-state index contributed by atoms with van der Waals surface area (Å²) in [5, 5.41) is 14.5. The van der Waals surface area contributed by atoms with Crippen LogP contribution in [0.15, 0.2) is 42.5 Å². The van der Waals surface area contributed by atoms with Crippen molar-refractivity contribution >= 4 is 28.9 Å². The normalized spacial score (nSPS) is 16.6. The first kappa shape index (κ1) is 24.6. The number of nitrogens with zero attached hydrogens (tertiary/aromatic N) is 1. The Morgan fingerprint density at radius 3 is 2.80 bits per heavy atom. The van der Waals surface area contributed by atoms with E-state index in [9.17, 15) is 22.8 Å². The average Bonchev–Trinajstić information content (AvgIpc) is 3.00. The predicted octanol–water partition coefficient (Wildman–Crippen LogP) is 5.02. The number of nitrogens with one attached hydrogen (secondary N) is 2. The molecule has 0 saturated heterocycles. The highest BCUT2D eigenvalue weighted by Gasteiger charge is 2.32. The van der Waals surface area contributed by atoms with Crippen LogP contribution in [0, 0.1) is 0 Å². The van der Waals surface area contributed by atoms with Crippen molar-refractivity contribution in [1.82, 2.24) is 4.90 Å². The lowest BCUT2D eigenvalue weighted by Crippen LogP contribution is -2.39. The number of fused-ring (bicyclic) bond motifs is 2. The van der Waals surface area contributed by atoms with Crippen LogP contribution < -0.4 is 15.4 Å². The molecule has 7 nitrogen and oxygen atoms in total. The summed E-state index contributed by atoms with van der Waals surface area (Å²) in [4.78, 5) is 26.8. The van der Waals surface area contributed by atoms with E-state index < -0.39 is 17.6 Å². The lowest BCUT2D eigenvalue weighted by Gasteiger charge is -2.29. The monoisotopic (exact) mass is 489 g/mol. The molecule has 2 aliphatic rings. The van der Waals surface area contributed by atoms with E-state index in [4.69, 9.17) is 9.84 Å². The number of aliphatic hydroxyl groups excluding tert-OH is 1. The molecule has 0 fully saturated rings. The topological polar surface area (TPSA) is 90.9 Å². The van der Waals surface area contributed by atoms with E-state index in [-0.39, 0.29) is 25.0 Å². The third-order valence-electron chi connectivity index (χ3n) is 5.91. The van der Waals surface area contributed by atoms with Gasteiger partial charge >= 0.3 is 12.2 Å². The maximum Gasteiger partial charge on any atom is 0.416 e. The van der Waals surface area contributed by atoms with Crippen molar-refractivity contribution in [2.75, 3.05) is 30.4 Å². The van der Waals surface area contributed by atoms with Gasteiger partial charge in [-0.1, -0.05) is 12.1 Å². The maximum absolute atomic E-state index is 13.1. The Kier molecular flexibility index (Phi) is 7.30. The molecule has 3 amide bonds. The van der Waals surface area contributed by atoms with Gasteiger partial charge in [0.25, 0.3) is 0 Å². The van der Waals surface area contributed by atoms with Gasteiger partial charge in [-0.2, -0.15) is 13.2 Å². The molecule has 186 valence electrons. The summed E-state index contributed by atoms with van der Waals surface area (Å²) in [7, 11) is 0. The predicted molar refractivity (Wildman–Crippen MR) is 125 cm³/mol. The number of unbranched alkanes of at least 4 members (excludes halogenated alkanes) is 1. The van der Waals surface area contributed by atoms with E-state index >= 15 is 0 Å². The smallest absolute Gasteiger partial charge is 0.416 e. The molecule has 2 aromatic carbocycles. The molecule has 0 atom stereocenters. The van der Waals surface area contributed by atoms with Gasteiger partial charge in [-0.25, -0.2) is 4.79 Å². The number of carbonyl (C=O) groups is 2. The van der Waals surface area contributed by atoms with E-state index in [0.717, 1.165) is 17.7 Å². The number of hydrogen-bond donors (Lipinski definition) is 3. The Bertz CT molecular complexity index is 1150. The number of aliphatic hydroxyl groups is 1.